The molecule has 3 N–H and O–H groups in total. The molecule has 0 bridgehead atoms. The van der Waals surface area contributed by atoms with Crippen molar-refractivity contribution in [3.63, 3.8) is 0 Å². The van der Waals surface area contributed by atoms with Gasteiger partial charge in [0.1, 0.15) is 0 Å². The zero-order chi connectivity index (χ0) is 13.1. The second-order valence-electron chi connectivity index (χ2n) is 3.67. The van der Waals surface area contributed by atoms with Crippen LogP contribution in [0.25, 0.3) is 10.9 Å². The normalized spacial score (nSPS) is 10.2. The van der Waals surface area contributed by atoms with E-state index in [4.69, 9.17) is 5.73 Å². The van der Waals surface area contributed by atoms with Crippen LogP contribution in [0.1, 0.15) is 0 Å². The van der Waals surface area contributed by atoms with Crippen molar-refractivity contribution in [3.8, 4) is 0 Å². The standard InChI is InChI=1S/C12H12N4O2/c1-2-7-14-12-10(13)11(16(17)18)8-5-3-4-6-9(8)15-12/h2-6H,1,7,13H2,(H,14,15). The van der Waals surface area contributed by atoms with Gasteiger partial charge in [-0.05, 0) is 12.1 Å². The van der Waals surface area contributed by atoms with Gasteiger partial charge in [0.05, 0.1) is 15.8 Å². The molecule has 0 fully saturated rings. The molecule has 1 heterocycles. The van der Waals surface area contributed by atoms with Crippen LogP contribution >= 0.6 is 0 Å². The summed E-state index contributed by atoms with van der Waals surface area (Å²) in [5, 5.41) is 14.4. The topological polar surface area (TPSA) is 94.1 Å². The maximum atomic E-state index is 11.1. The minimum Gasteiger partial charge on any atom is -0.390 e. The fourth-order valence-corrected chi connectivity index (χ4v) is 1.71. The lowest BCUT2D eigenvalue weighted by molar-refractivity contribution is -0.382. The molecule has 0 saturated heterocycles. The van der Waals surface area contributed by atoms with Crippen LogP contribution in [-0.2, 0) is 0 Å². The quantitative estimate of drug-likeness (QED) is 0.489. The molecule has 0 radical (unpaired) electrons. The first-order valence-corrected chi connectivity index (χ1v) is 5.32. The zero-order valence-electron chi connectivity index (χ0n) is 9.59. The predicted molar refractivity (Wildman–Crippen MR) is 71.5 cm³/mol. The van der Waals surface area contributed by atoms with E-state index in [-0.39, 0.29) is 11.4 Å². The number of fused-ring (bicyclic) bond motifs is 1. The van der Waals surface area contributed by atoms with E-state index in [1.54, 1.807) is 30.3 Å². The molecule has 18 heavy (non-hydrogen) atoms. The summed E-state index contributed by atoms with van der Waals surface area (Å²) in [5.74, 6) is 0.306. The summed E-state index contributed by atoms with van der Waals surface area (Å²) in [7, 11) is 0. The van der Waals surface area contributed by atoms with E-state index in [0.717, 1.165) is 0 Å². The van der Waals surface area contributed by atoms with E-state index in [0.29, 0.717) is 23.3 Å². The van der Waals surface area contributed by atoms with Crippen LogP contribution in [0.5, 0.6) is 0 Å². The van der Waals surface area contributed by atoms with Gasteiger partial charge in [0, 0.05) is 6.54 Å². The van der Waals surface area contributed by atoms with E-state index in [2.05, 4.69) is 16.9 Å². The Morgan fingerprint density at radius 3 is 2.89 bits per heavy atom. The Balaban J connectivity index is 2.71. The molecule has 92 valence electrons. The average Bonchev–Trinajstić information content (AvgIpc) is 2.35. The molecule has 0 atom stereocenters. The van der Waals surface area contributed by atoms with E-state index in [9.17, 15) is 10.1 Å². The summed E-state index contributed by atoms with van der Waals surface area (Å²) < 4.78 is 0. The Hall–Kier alpha value is -2.63. The van der Waals surface area contributed by atoms with Crippen molar-refractivity contribution < 1.29 is 4.92 Å². The summed E-state index contributed by atoms with van der Waals surface area (Å²) in [6.45, 7) is 4.00. The number of anilines is 2. The third-order valence-corrected chi connectivity index (χ3v) is 2.50. The van der Waals surface area contributed by atoms with Crippen molar-refractivity contribution in [1.82, 2.24) is 4.98 Å². The van der Waals surface area contributed by atoms with Crippen LogP contribution in [0.2, 0.25) is 0 Å². The lowest BCUT2D eigenvalue weighted by Gasteiger charge is -2.09. The van der Waals surface area contributed by atoms with Crippen molar-refractivity contribution >= 4 is 28.1 Å². The number of nitrogen functional groups attached to an aromatic ring is 1. The van der Waals surface area contributed by atoms with Crippen molar-refractivity contribution in [3.05, 3.63) is 47.0 Å². The van der Waals surface area contributed by atoms with Gasteiger partial charge in [-0.2, -0.15) is 0 Å². The van der Waals surface area contributed by atoms with E-state index < -0.39 is 4.92 Å². The summed E-state index contributed by atoms with van der Waals surface area (Å²) >= 11 is 0. The number of hydrogen-bond donors (Lipinski definition) is 2. The molecule has 6 nitrogen and oxygen atoms in total. The van der Waals surface area contributed by atoms with Crippen LogP contribution in [0.15, 0.2) is 36.9 Å². The van der Waals surface area contributed by atoms with Crippen LogP contribution in [-0.4, -0.2) is 16.5 Å². The number of benzene rings is 1. The average molecular weight is 244 g/mol. The van der Waals surface area contributed by atoms with Gasteiger partial charge >= 0.3 is 5.69 Å². The van der Waals surface area contributed by atoms with Gasteiger partial charge in [-0.15, -0.1) is 6.58 Å². The predicted octanol–water partition coefficient (Wildman–Crippen LogP) is 2.32. The van der Waals surface area contributed by atoms with Crippen LogP contribution in [0.4, 0.5) is 17.2 Å². The van der Waals surface area contributed by atoms with Gasteiger partial charge in [-0.1, -0.05) is 18.2 Å². The van der Waals surface area contributed by atoms with Crippen molar-refractivity contribution in [2.24, 2.45) is 0 Å². The number of pyridine rings is 1. The van der Waals surface area contributed by atoms with Crippen LogP contribution in [0.3, 0.4) is 0 Å². The van der Waals surface area contributed by atoms with Gasteiger partial charge in [0.2, 0.25) is 0 Å². The Morgan fingerprint density at radius 1 is 1.50 bits per heavy atom. The molecule has 1 aromatic carbocycles. The fourth-order valence-electron chi connectivity index (χ4n) is 1.71. The van der Waals surface area contributed by atoms with E-state index in [1.807, 2.05) is 0 Å². The SMILES string of the molecule is C=CCNc1nc2ccccc2c([N+](=O)[O-])c1N. The minimum atomic E-state index is -0.488. The lowest BCUT2D eigenvalue weighted by atomic mass is 10.1. The summed E-state index contributed by atoms with van der Waals surface area (Å²) in [6.07, 6.45) is 1.63. The second kappa shape index (κ2) is 4.70. The Bertz CT molecular complexity index is 625. The highest BCUT2D eigenvalue weighted by atomic mass is 16.6. The molecular formula is C12H12N4O2. The second-order valence-corrected chi connectivity index (χ2v) is 3.67. The Labute approximate surface area is 103 Å². The van der Waals surface area contributed by atoms with Gasteiger partial charge in [-0.3, -0.25) is 10.1 Å². The summed E-state index contributed by atoms with van der Waals surface area (Å²) in [6, 6.07) is 6.83. The zero-order valence-corrected chi connectivity index (χ0v) is 9.59. The van der Waals surface area contributed by atoms with Crippen molar-refractivity contribution in [2.75, 3.05) is 17.6 Å². The third kappa shape index (κ3) is 1.95. The number of aromatic nitrogens is 1. The molecular weight excluding hydrogens is 232 g/mol. The molecule has 2 aromatic rings. The molecule has 1 aromatic heterocycles. The molecule has 0 amide bonds. The highest BCUT2D eigenvalue weighted by molar-refractivity contribution is 5.97. The maximum Gasteiger partial charge on any atom is 0.305 e. The number of rotatable bonds is 4. The summed E-state index contributed by atoms with van der Waals surface area (Å²) in [5.41, 5.74) is 6.25. The number of nitro groups is 1. The first kappa shape index (κ1) is 11.8. The van der Waals surface area contributed by atoms with Gasteiger partial charge < -0.3 is 11.1 Å². The minimum absolute atomic E-state index is 0.0422. The number of para-hydroxylation sites is 1. The van der Waals surface area contributed by atoms with Crippen molar-refractivity contribution in [1.29, 1.82) is 0 Å². The highest BCUT2D eigenvalue weighted by Crippen LogP contribution is 2.34. The first-order chi connectivity index (χ1) is 8.65. The van der Waals surface area contributed by atoms with Gasteiger partial charge in [-0.25, -0.2) is 4.98 Å². The smallest absolute Gasteiger partial charge is 0.305 e. The molecule has 6 heteroatoms. The third-order valence-electron chi connectivity index (χ3n) is 2.50. The molecule has 0 spiro atoms. The maximum absolute atomic E-state index is 11.1. The molecule has 2 rings (SSSR count). The number of nitrogens with zero attached hydrogens (tertiary/aromatic N) is 2. The number of nitrogens with one attached hydrogen (secondary N) is 1. The van der Waals surface area contributed by atoms with E-state index >= 15 is 0 Å². The molecule has 0 aliphatic carbocycles. The van der Waals surface area contributed by atoms with Gasteiger partial charge in [0.15, 0.2) is 11.5 Å². The largest absolute Gasteiger partial charge is 0.390 e. The van der Waals surface area contributed by atoms with Crippen LogP contribution < -0.4 is 11.1 Å². The molecule has 0 aliphatic rings. The van der Waals surface area contributed by atoms with Crippen LogP contribution in [0, 0.1) is 10.1 Å². The molecule has 0 unspecified atom stereocenters. The lowest BCUT2D eigenvalue weighted by Crippen LogP contribution is -2.07. The first-order valence-electron chi connectivity index (χ1n) is 5.32. The monoisotopic (exact) mass is 244 g/mol. The number of nitrogens with two attached hydrogens (primary N) is 1. The Kier molecular flexibility index (Phi) is 3.09. The molecule has 0 saturated carbocycles. The van der Waals surface area contributed by atoms with Gasteiger partial charge in [0.25, 0.3) is 0 Å². The number of hydrogen-bond acceptors (Lipinski definition) is 5. The fraction of sp³-hybridized carbons (Fsp3) is 0.0833. The highest BCUT2D eigenvalue weighted by Gasteiger charge is 2.21. The molecule has 0 aliphatic heterocycles. The summed E-state index contributed by atoms with van der Waals surface area (Å²) in [4.78, 5) is 14.9. The van der Waals surface area contributed by atoms with Crippen molar-refractivity contribution in [2.45, 2.75) is 0 Å². The van der Waals surface area contributed by atoms with E-state index in [1.165, 1.54) is 0 Å². The Morgan fingerprint density at radius 2 is 2.22 bits per heavy atom.